The highest BCUT2D eigenvalue weighted by atomic mass is 19.4. The molecule has 0 aromatic heterocycles. The smallest absolute Gasteiger partial charge is 0.416 e. The van der Waals surface area contributed by atoms with Crippen molar-refractivity contribution < 1.29 is 32.3 Å². The van der Waals surface area contributed by atoms with Crippen LogP contribution in [0.25, 0.3) is 0 Å². The standard InChI is InChI=1S/C22H20F3N3O4/c1-21(2)20(31)27-15-8-7-12(11-16(15)32-21)19(30)28-10-9-26-18(29)17(28)13-5-3-4-6-14(13)22(23,24)25/h3-8,11,17H,9-10H2,1-2H3,(H,26,29)(H,27,31). The number of hydrogen-bond acceptors (Lipinski definition) is 4. The Labute approximate surface area is 181 Å². The first-order valence-electron chi connectivity index (χ1n) is 9.88. The second kappa shape index (κ2) is 7.54. The average Bonchev–Trinajstić information content (AvgIpc) is 2.72. The van der Waals surface area contributed by atoms with Crippen LogP contribution in [-0.2, 0) is 15.8 Å². The van der Waals surface area contributed by atoms with Gasteiger partial charge in [-0.1, -0.05) is 18.2 Å². The Bertz CT molecular complexity index is 1110. The monoisotopic (exact) mass is 447 g/mol. The van der Waals surface area contributed by atoms with Crippen molar-refractivity contribution in [2.45, 2.75) is 31.7 Å². The highest BCUT2D eigenvalue weighted by molar-refractivity contribution is 6.03. The van der Waals surface area contributed by atoms with Crippen molar-refractivity contribution in [3.8, 4) is 5.75 Å². The fraction of sp³-hybridized carbons (Fsp3) is 0.318. The minimum Gasteiger partial charge on any atom is -0.476 e. The SMILES string of the molecule is CC1(C)Oc2cc(C(=O)N3CCNC(=O)C3c3ccccc3C(F)(F)F)ccc2NC1=O. The third-order valence-electron chi connectivity index (χ3n) is 5.42. The van der Waals surface area contributed by atoms with Gasteiger partial charge in [0.05, 0.1) is 11.3 Å². The maximum absolute atomic E-state index is 13.6. The number of carbonyl (C=O) groups is 3. The predicted octanol–water partition coefficient (Wildman–Crippen LogP) is 3.13. The fourth-order valence-corrected chi connectivity index (χ4v) is 3.79. The first kappa shape index (κ1) is 21.7. The molecule has 1 fully saturated rings. The molecule has 0 spiro atoms. The molecule has 2 aromatic carbocycles. The average molecular weight is 447 g/mol. The Hall–Kier alpha value is -3.56. The predicted molar refractivity (Wildman–Crippen MR) is 108 cm³/mol. The molecule has 7 nitrogen and oxygen atoms in total. The van der Waals surface area contributed by atoms with E-state index in [9.17, 15) is 27.6 Å². The van der Waals surface area contributed by atoms with Gasteiger partial charge >= 0.3 is 6.18 Å². The van der Waals surface area contributed by atoms with Crippen LogP contribution in [0.4, 0.5) is 18.9 Å². The molecular weight excluding hydrogens is 427 g/mol. The maximum Gasteiger partial charge on any atom is 0.416 e. The molecule has 1 saturated heterocycles. The summed E-state index contributed by atoms with van der Waals surface area (Å²) in [5, 5.41) is 5.22. The van der Waals surface area contributed by atoms with Crippen LogP contribution < -0.4 is 15.4 Å². The molecule has 2 aliphatic rings. The topological polar surface area (TPSA) is 87.7 Å². The van der Waals surface area contributed by atoms with E-state index in [1.165, 1.54) is 36.4 Å². The van der Waals surface area contributed by atoms with Crippen molar-refractivity contribution in [2.24, 2.45) is 0 Å². The van der Waals surface area contributed by atoms with Gasteiger partial charge < -0.3 is 20.3 Å². The quantitative estimate of drug-likeness (QED) is 0.741. The van der Waals surface area contributed by atoms with E-state index in [1.54, 1.807) is 13.8 Å². The number of amides is 3. The van der Waals surface area contributed by atoms with E-state index in [0.29, 0.717) is 5.69 Å². The van der Waals surface area contributed by atoms with Gasteiger partial charge in [-0.15, -0.1) is 0 Å². The number of nitrogens with one attached hydrogen (secondary N) is 2. The molecule has 0 aliphatic carbocycles. The largest absolute Gasteiger partial charge is 0.476 e. The Morgan fingerprint density at radius 1 is 1.16 bits per heavy atom. The number of rotatable bonds is 2. The summed E-state index contributed by atoms with van der Waals surface area (Å²) in [6, 6.07) is 7.60. The third-order valence-corrected chi connectivity index (χ3v) is 5.42. The van der Waals surface area contributed by atoms with Crippen LogP contribution in [0.2, 0.25) is 0 Å². The molecule has 3 amide bonds. The summed E-state index contributed by atoms with van der Waals surface area (Å²) in [4.78, 5) is 39.1. The van der Waals surface area contributed by atoms with Gasteiger partial charge in [-0.3, -0.25) is 14.4 Å². The summed E-state index contributed by atoms with van der Waals surface area (Å²) in [6.45, 7) is 3.28. The van der Waals surface area contributed by atoms with Crippen molar-refractivity contribution >= 4 is 23.4 Å². The minimum atomic E-state index is -4.69. The second-order valence-corrected chi connectivity index (χ2v) is 8.05. The van der Waals surface area contributed by atoms with Crippen LogP contribution >= 0.6 is 0 Å². The minimum absolute atomic E-state index is 0.0294. The van der Waals surface area contributed by atoms with E-state index < -0.39 is 35.2 Å². The summed E-state index contributed by atoms with van der Waals surface area (Å²) < 4.78 is 46.5. The van der Waals surface area contributed by atoms with Crippen molar-refractivity contribution in [2.75, 3.05) is 18.4 Å². The number of ether oxygens (including phenoxy) is 1. The first-order chi connectivity index (χ1) is 15.0. The lowest BCUT2D eigenvalue weighted by atomic mass is 9.95. The van der Waals surface area contributed by atoms with Gasteiger partial charge in [-0.2, -0.15) is 13.2 Å². The van der Waals surface area contributed by atoms with Gasteiger partial charge in [0.1, 0.15) is 11.8 Å². The van der Waals surface area contributed by atoms with Gasteiger partial charge in [-0.25, -0.2) is 0 Å². The van der Waals surface area contributed by atoms with E-state index in [-0.39, 0.29) is 35.9 Å². The van der Waals surface area contributed by atoms with Gasteiger partial charge in [0.2, 0.25) is 5.91 Å². The van der Waals surface area contributed by atoms with E-state index in [4.69, 9.17) is 4.74 Å². The van der Waals surface area contributed by atoms with E-state index in [1.807, 2.05) is 0 Å². The van der Waals surface area contributed by atoms with Crippen molar-refractivity contribution in [1.82, 2.24) is 10.2 Å². The number of anilines is 1. The summed E-state index contributed by atoms with van der Waals surface area (Å²) >= 11 is 0. The molecule has 1 unspecified atom stereocenters. The third kappa shape index (κ3) is 3.76. The summed E-state index contributed by atoms with van der Waals surface area (Å²) in [5.74, 6) is -1.40. The lowest BCUT2D eigenvalue weighted by molar-refractivity contribution is -0.139. The number of fused-ring (bicyclic) bond motifs is 1. The lowest BCUT2D eigenvalue weighted by Crippen LogP contribution is -2.52. The number of carbonyl (C=O) groups excluding carboxylic acids is 3. The number of nitrogens with zero attached hydrogens (tertiary/aromatic N) is 1. The van der Waals surface area contributed by atoms with Gasteiger partial charge in [0.15, 0.2) is 5.60 Å². The van der Waals surface area contributed by atoms with Crippen LogP contribution in [0.1, 0.15) is 41.4 Å². The normalized spacial score (nSPS) is 20.0. The summed E-state index contributed by atoms with van der Waals surface area (Å²) in [5.41, 5.74) is -1.93. The Balaban J connectivity index is 1.72. The number of hydrogen-bond donors (Lipinski definition) is 2. The fourth-order valence-electron chi connectivity index (χ4n) is 3.79. The number of piperazine rings is 1. The number of alkyl halides is 3. The molecule has 4 rings (SSSR count). The van der Waals surface area contributed by atoms with Gasteiger partial charge in [-0.05, 0) is 43.7 Å². The zero-order valence-corrected chi connectivity index (χ0v) is 17.2. The molecule has 10 heteroatoms. The van der Waals surface area contributed by atoms with E-state index in [0.717, 1.165) is 11.0 Å². The summed E-state index contributed by atoms with van der Waals surface area (Å²) in [6.07, 6.45) is -4.69. The van der Waals surface area contributed by atoms with Crippen molar-refractivity contribution in [3.63, 3.8) is 0 Å². The second-order valence-electron chi connectivity index (χ2n) is 8.05. The molecule has 32 heavy (non-hydrogen) atoms. The molecule has 2 aliphatic heterocycles. The molecule has 2 heterocycles. The highest BCUT2D eigenvalue weighted by Gasteiger charge is 2.42. The Kier molecular flexibility index (Phi) is 5.10. The molecule has 2 N–H and O–H groups in total. The van der Waals surface area contributed by atoms with Crippen LogP contribution in [0, 0.1) is 0 Å². The Morgan fingerprint density at radius 3 is 2.59 bits per heavy atom. The number of halogens is 3. The molecule has 0 bridgehead atoms. The first-order valence-corrected chi connectivity index (χ1v) is 9.88. The van der Waals surface area contributed by atoms with Crippen molar-refractivity contribution in [3.05, 3.63) is 59.2 Å². The molecule has 2 aromatic rings. The van der Waals surface area contributed by atoms with Crippen LogP contribution in [-0.4, -0.2) is 41.3 Å². The van der Waals surface area contributed by atoms with Crippen LogP contribution in [0.15, 0.2) is 42.5 Å². The van der Waals surface area contributed by atoms with Crippen LogP contribution in [0.5, 0.6) is 5.75 Å². The van der Waals surface area contributed by atoms with Crippen LogP contribution in [0.3, 0.4) is 0 Å². The molecule has 1 atom stereocenters. The molecule has 0 radical (unpaired) electrons. The van der Waals surface area contributed by atoms with Crippen molar-refractivity contribution in [1.29, 1.82) is 0 Å². The molecule has 0 saturated carbocycles. The van der Waals surface area contributed by atoms with E-state index in [2.05, 4.69) is 10.6 Å². The Morgan fingerprint density at radius 2 is 1.88 bits per heavy atom. The van der Waals surface area contributed by atoms with E-state index >= 15 is 0 Å². The number of benzene rings is 2. The maximum atomic E-state index is 13.6. The lowest BCUT2D eigenvalue weighted by Gasteiger charge is -2.37. The van der Waals surface area contributed by atoms with Gasteiger partial charge in [0.25, 0.3) is 11.8 Å². The zero-order valence-electron chi connectivity index (χ0n) is 17.2. The zero-order chi connectivity index (χ0) is 23.3. The van der Waals surface area contributed by atoms with Gasteiger partial charge in [0, 0.05) is 18.7 Å². The molecular formula is C22H20F3N3O4. The summed E-state index contributed by atoms with van der Waals surface area (Å²) in [7, 11) is 0. The highest BCUT2D eigenvalue weighted by Crippen LogP contribution is 2.38. The molecule has 168 valence electrons.